The van der Waals surface area contributed by atoms with Crippen LogP contribution in [0.25, 0.3) is 6.08 Å². The number of benzene rings is 1. The predicted octanol–water partition coefficient (Wildman–Crippen LogP) is 3.97. The Morgan fingerprint density at radius 2 is 1.81 bits per heavy atom. The van der Waals surface area contributed by atoms with Gasteiger partial charge in [0.05, 0.1) is 0 Å². The molecule has 0 spiro atoms. The second-order valence-corrected chi connectivity index (χ2v) is 4.21. The summed E-state index contributed by atoms with van der Waals surface area (Å²) < 4.78 is 0. The molecule has 0 N–H and O–H groups in total. The minimum absolute atomic E-state index is 0.565. The summed E-state index contributed by atoms with van der Waals surface area (Å²) in [5, 5.41) is 0. The molecule has 0 bridgehead atoms. The van der Waals surface area contributed by atoms with Crippen molar-refractivity contribution < 1.29 is 4.79 Å². The number of carbonyl (C=O) groups excluding carboxylic acids is 1. The summed E-state index contributed by atoms with van der Waals surface area (Å²) in [6.07, 6.45) is 6.56. The second kappa shape index (κ2) is 6.06. The topological polar surface area (TPSA) is 17.1 Å². The molecule has 0 aliphatic carbocycles. The third-order valence-electron chi connectivity index (χ3n) is 2.44. The van der Waals surface area contributed by atoms with Gasteiger partial charge >= 0.3 is 0 Å². The normalized spacial score (nSPS) is 12.4. The van der Waals surface area contributed by atoms with E-state index in [1.807, 2.05) is 18.2 Å². The highest BCUT2D eigenvalue weighted by Gasteiger charge is 1.96. The first-order valence-electron chi connectivity index (χ1n) is 5.53. The Morgan fingerprint density at radius 3 is 2.31 bits per heavy atom. The van der Waals surface area contributed by atoms with Crippen molar-refractivity contribution >= 4 is 12.4 Å². The Morgan fingerprint density at radius 1 is 1.19 bits per heavy atom. The highest BCUT2D eigenvalue weighted by Crippen LogP contribution is 2.15. The quantitative estimate of drug-likeness (QED) is 0.421. The zero-order valence-electron chi connectivity index (χ0n) is 10.1. The summed E-state index contributed by atoms with van der Waals surface area (Å²) in [4.78, 5) is 10.4. The van der Waals surface area contributed by atoms with Crippen molar-refractivity contribution in [1.29, 1.82) is 0 Å². The first-order valence-corrected chi connectivity index (χ1v) is 5.53. The van der Waals surface area contributed by atoms with Crippen molar-refractivity contribution in [3.05, 3.63) is 53.1 Å². The van der Waals surface area contributed by atoms with Crippen molar-refractivity contribution in [1.82, 2.24) is 0 Å². The first kappa shape index (κ1) is 12.4. The third kappa shape index (κ3) is 3.85. The SMILES string of the molecule is C/C(C=O)=C\C=C\c1ccc(C(C)C)cc1. The molecular weight excluding hydrogens is 196 g/mol. The maximum absolute atomic E-state index is 10.4. The van der Waals surface area contributed by atoms with Gasteiger partial charge in [0.1, 0.15) is 6.29 Å². The number of carbonyl (C=O) groups is 1. The van der Waals surface area contributed by atoms with Gasteiger partial charge in [-0.2, -0.15) is 0 Å². The Hall–Kier alpha value is -1.63. The fourth-order valence-electron chi connectivity index (χ4n) is 1.34. The lowest BCUT2D eigenvalue weighted by molar-refractivity contribution is -0.104. The summed E-state index contributed by atoms with van der Waals surface area (Å²) in [5.74, 6) is 0.565. The van der Waals surface area contributed by atoms with Crippen molar-refractivity contribution in [2.75, 3.05) is 0 Å². The smallest absolute Gasteiger partial charge is 0.145 e. The van der Waals surface area contributed by atoms with E-state index in [1.165, 1.54) is 5.56 Å². The molecule has 0 aliphatic rings. The number of aldehydes is 1. The zero-order chi connectivity index (χ0) is 12.0. The van der Waals surface area contributed by atoms with Gasteiger partial charge in [-0.05, 0) is 29.5 Å². The lowest BCUT2D eigenvalue weighted by atomic mass is 10.0. The maximum atomic E-state index is 10.4. The number of hydrogen-bond acceptors (Lipinski definition) is 1. The third-order valence-corrected chi connectivity index (χ3v) is 2.44. The van der Waals surface area contributed by atoms with E-state index in [0.29, 0.717) is 5.92 Å². The van der Waals surface area contributed by atoms with Crippen LogP contribution in [0.3, 0.4) is 0 Å². The van der Waals surface area contributed by atoms with Crippen LogP contribution in [-0.4, -0.2) is 6.29 Å². The van der Waals surface area contributed by atoms with Gasteiger partial charge in [0.25, 0.3) is 0 Å². The zero-order valence-corrected chi connectivity index (χ0v) is 10.1. The summed E-state index contributed by atoms with van der Waals surface area (Å²) in [6, 6.07) is 8.47. The first-order chi connectivity index (χ1) is 7.63. The average molecular weight is 214 g/mol. The van der Waals surface area contributed by atoms with Gasteiger partial charge in [-0.25, -0.2) is 0 Å². The molecule has 16 heavy (non-hydrogen) atoms. The van der Waals surface area contributed by atoms with Crippen LogP contribution in [0.5, 0.6) is 0 Å². The van der Waals surface area contributed by atoms with Gasteiger partial charge in [-0.3, -0.25) is 4.79 Å². The van der Waals surface area contributed by atoms with Crippen molar-refractivity contribution in [2.24, 2.45) is 0 Å². The maximum Gasteiger partial charge on any atom is 0.145 e. The molecule has 1 aromatic rings. The number of rotatable bonds is 4. The summed E-state index contributed by atoms with van der Waals surface area (Å²) in [7, 11) is 0. The Balaban J connectivity index is 2.72. The van der Waals surface area contributed by atoms with Gasteiger partial charge < -0.3 is 0 Å². The van der Waals surface area contributed by atoms with Gasteiger partial charge in [-0.1, -0.05) is 56.3 Å². The monoisotopic (exact) mass is 214 g/mol. The minimum atomic E-state index is 0.565. The van der Waals surface area contributed by atoms with E-state index in [2.05, 4.69) is 38.1 Å². The van der Waals surface area contributed by atoms with Gasteiger partial charge in [0, 0.05) is 0 Å². The van der Waals surface area contributed by atoms with Gasteiger partial charge in [0.15, 0.2) is 0 Å². The van der Waals surface area contributed by atoms with Crippen LogP contribution in [0, 0.1) is 0 Å². The molecular formula is C15H18O. The van der Waals surface area contributed by atoms with Gasteiger partial charge in [-0.15, -0.1) is 0 Å². The van der Waals surface area contributed by atoms with Crippen LogP contribution < -0.4 is 0 Å². The summed E-state index contributed by atoms with van der Waals surface area (Å²) in [6.45, 7) is 6.15. The molecule has 0 aliphatic heterocycles. The molecule has 0 aromatic heterocycles. The molecule has 84 valence electrons. The number of hydrogen-bond donors (Lipinski definition) is 0. The van der Waals surface area contributed by atoms with Crippen LogP contribution in [-0.2, 0) is 4.79 Å². The minimum Gasteiger partial charge on any atom is -0.298 e. The molecule has 1 nitrogen and oxygen atoms in total. The van der Waals surface area contributed by atoms with Crippen molar-refractivity contribution in [3.8, 4) is 0 Å². The van der Waals surface area contributed by atoms with E-state index in [1.54, 1.807) is 6.92 Å². The Labute approximate surface area is 97.5 Å². The van der Waals surface area contributed by atoms with Crippen LogP contribution in [0.1, 0.15) is 37.8 Å². The molecule has 1 rings (SSSR count). The van der Waals surface area contributed by atoms with Crippen LogP contribution >= 0.6 is 0 Å². The molecule has 1 heteroatoms. The number of allylic oxidation sites excluding steroid dienone is 3. The van der Waals surface area contributed by atoms with Crippen LogP contribution in [0.15, 0.2) is 42.0 Å². The molecule has 0 radical (unpaired) electrons. The fourth-order valence-corrected chi connectivity index (χ4v) is 1.34. The highest BCUT2D eigenvalue weighted by molar-refractivity contribution is 5.73. The van der Waals surface area contributed by atoms with Crippen LogP contribution in [0.2, 0.25) is 0 Å². The molecule has 0 saturated carbocycles. The van der Waals surface area contributed by atoms with Gasteiger partial charge in [0.2, 0.25) is 0 Å². The second-order valence-electron chi connectivity index (χ2n) is 4.21. The predicted molar refractivity (Wildman–Crippen MR) is 69.4 cm³/mol. The molecule has 0 amide bonds. The van der Waals surface area contributed by atoms with E-state index in [-0.39, 0.29) is 0 Å². The summed E-state index contributed by atoms with van der Waals surface area (Å²) >= 11 is 0. The molecule has 0 heterocycles. The Kier molecular flexibility index (Phi) is 4.71. The van der Waals surface area contributed by atoms with E-state index in [9.17, 15) is 4.79 Å². The molecule has 0 saturated heterocycles. The van der Waals surface area contributed by atoms with E-state index < -0.39 is 0 Å². The highest BCUT2D eigenvalue weighted by atomic mass is 16.1. The van der Waals surface area contributed by atoms with Crippen molar-refractivity contribution in [2.45, 2.75) is 26.7 Å². The Bertz CT molecular complexity index is 394. The lowest BCUT2D eigenvalue weighted by Gasteiger charge is -2.04. The fraction of sp³-hybridized carbons (Fsp3) is 0.267. The van der Waals surface area contributed by atoms with Crippen LogP contribution in [0.4, 0.5) is 0 Å². The standard InChI is InChI=1S/C15H18O/c1-12(2)15-9-7-14(8-10-15)6-4-5-13(3)11-16/h4-12H,1-3H3/b6-4+,13-5+. The molecule has 1 aromatic carbocycles. The molecule has 0 unspecified atom stereocenters. The summed E-state index contributed by atoms with van der Waals surface area (Å²) in [5.41, 5.74) is 3.23. The van der Waals surface area contributed by atoms with E-state index in [0.717, 1.165) is 17.4 Å². The largest absolute Gasteiger partial charge is 0.298 e. The van der Waals surface area contributed by atoms with Crippen molar-refractivity contribution in [3.63, 3.8) is 0 Å². The molecule has 0 atom stereocenters. The van der Waals surface area contributed by atoms with E-state index in [4.69, 9.17) is 0 Å². The molecule has 0 fully saturated rings. The van der Waals surface area contributed by atoms with E-state index >= 15 is 0 Å². The lowest BCUT2D eigenvalue weighted by Crippen LogP contribution is -1.85. The average Bonchev–Trinajstić information content (AvgIpc) is 2.29.